The quantitative estimate of drug-likeness (QED) is 0.345. The molecule has 4 rings (SSSR count). The van der Waals surface area contributed by atoms with Gasteiger partial charge in [-0.2, -0.15) is 5.10 Å². The Bertz CT molecular complexity index is 1340. The van der Waals surface area contributed by atoms with E-state index in [0.29, 0.717) is 16.7 Å². The fourth-order valence-corrected chi connectivity index (χ4v) is 4.37. The molecule has 0 aliphatic heterocycles. The van der Waals surface area contributed by atoms with Crippen molar-refractivity contribution < 1.29 is 8.42 Å². The Hall–Kier alpha value is -3.37. The number of benzene rings is 2. The van der Waals surface area contributed by atoms with Crippen molar-refractivity contribution in [1.82, 2.24) is 19.7 Å². The molecular weight excluding hydrogens is 456 g/mol. The zero-order valence-corrected chi connectivity index (χ0v) is 20.1. The molecule has 0 aliphatic carbocycles. The molecule has 0 aliphatic rings. The van der Waals surface area contributed by atoms with Gasteiger partial charge in [-0.05, 0) is 49.9 Å². The molecule has 33 heavy (non-hydrogen) atoms. The highest BCUT2D eigenvalue weighted by atomic mass is 32.2. The standard InChI is InChI=1S/C23H24N6O2S2/c1-16(2)33(30,31)28-18-9-11-19(12-10-18)32-23-25-20(17-7-5-4-6-8-17)15-21(27-23)26-22-13-14-24-29(22)3/h4-16,28H,1-3H3,(H,25,26,27). The summed E-state index contributed by atoms with van der Waals surface area (Å²) in [5.41, 5.74) is 2.29. The third-order valence-electron chi connectivity index (χ3n) is 4.80. The molecule has 0 saturated heterocycles. The van der Waals surface area contributed by atoms with Gasteiger partial charge in [0.25, 0.3) is 0 Å². The summed E-state index contributed by atoms with van der Waals surface area (Å²) in [6.45, 7) is 3.28. The number of sulfonamides is 1. The van der Waals surface area contributed by atoms with Crippen LogP contribution in [-0.2, 0) is 17.1 Å². The first-order chi connectivity index (χ1) is 15.8. The summed E-state index contributed by atoms with van der Waals surface area (Å²) in [6, 6.07) is 20.8. The van der Waals surface area contributed by atoms with E-state index in [0.717, 1.165) is 22.0 Å². The Morgan fingerprint density at radius 2 is 1.70 bits per heavy atom. The van der Waals surface area contributed by atoms with Crippen molar-refractivity contribution in [1.29, 1.82) is 0 Å². The first kappa shape index (κ1) is 22.8. The third-order valence-corrected chi connectivity index (χ3v) is 7.43. The number of nitrogens with zero attached hydrogens (tertiary/aromatic N) is 4. The number of anilines is 3. The largest absolute Gasteiger partial charge is 0.325 e. The highest BCUT2D eigenvalue weighted by molar-refractivity contribution is 7.99. The fraction of sp³-hybridized carbons (Fsp3) is 0.174. The minimum atomic E-state index is -3.39. The molecule has 10 heteroatoms. The van der Waals surface area contributed by atoms with Gasteiger partial charge >= 0.3 is 0 Å². The van der Waals surface area contributed by atoms with E-state index < -0.39 is 15.3 Å². The number of aromatic nitrogens is 4. The molecule has 2 heterocycles. The van der Waals surface area contributed by atoms with Crippen LogP contribution in [0.2, 0.25) is 0 Å². The van der Waals surface area contributed by atoms with Crippen molar-refractivity contribution in [3.8, 4) is 11.3 Å². The van der Waals surface area contributed by atoms with E-state index >= 15 is 0 Å². The van der Waals surface area contributed by atoms with Gasteiger partial charge in [0.2, 0.25) is 10.0 Å². The predicted molar refractivity (Wildman–Crippen MR) is 132 cm³/mol. The van der Waals surface area contributed by atoms with E-state index in [4.69, 9.17) is 4.98 Å². The molecule has 4 aromatic rings. The molecule has 8 nitrogen and oxygen atoms in total. The molecule has 0 radical (unpaired) electrons. The van der Waals surface area contributed by atoms with Crippen molar-refractivity contribution in [2.45, 2.75) is 29.1 Å². The van der Waals surface area contributed by atoms with Gasteiger partial charge in [0.05, 0.1) is 17.1 Å². The lowest BCUT2D eigenvalue weighted by Crippen LogP contribution is -2.22. The van der Waals surface area contributed by atoms with Crippen LogP contribution in [-0.4, -0.2) is 33.4 Å². The number of aryl methyl sites for hydroxylation is 1. The topological polar surface area (TPSA) is 102 Å². The molecule has 0 atom stereocenters. The lowest BCUT2D eigenvalue weighted by molar-refractivity contribution is 0.593. The molecule has 0 unspecified atom stereocenters. The van der Waals surface area contributed by atoms with Crippen LogP contribution in [0.4, 0.5) is 17.3 Å². The minimum Gasteiger partial charge on any atom is -0.325 e. The molecule has 2 N–H and O–H groups in total. The van der Waals surface area contributed by atoms with Crippen molar-refractivity contribution in [2.75, 3.05) is 10.0 Å². The average molecular weight is 481 g/mol. The predicted octanol–water partition coefficient (Wildman–Crippen LogP) is 4.92. The maximum Gasteiger partial charge on any atom is 0.235 e. The van der Waals surface area contributed by atoms with Gasteiger partial charge in [-0.3, -0.25) is 9.40 Å². The molecule has 0 saturated carbocycles. The molecule has 2 aromatic carbocycles. The smallest absolute Gasteiger partial charge is 0.235 e. The van der Waals surface area contributed by atoms with Crippen molar-refractivity contribution >= 4 is 39.1 Å². The van der Waals surface area contributed by atoms with E-state index in [1.165, 1.54) is 11.8 Å². The number of rotatable bonds is 8. The Morgan fingerprint density at radius 1 is 0.970 bits per heavy atom. The zero-order chi connectivity index (χ0) is 23.4. The first-order valence-electron chi connectivity index (χ1n) is 10.3. The molecule has 0 fully saturated rings. The van der Waals surface area contributed by atoms with Gasteiger partial charge in [0.15, 0.2) is 5.16 Å². The highest BCUT2D eigenvalue weighted by Gasteiger charge is 2.15. The molecule has 0 spiro atoms. The minimum absolute atomic E-state index is 0.508. The summed E-state index contributed by atoms with van der Waals surface area (Å²) in [5.74, 6) is 1.46. The number of hydrogen-bond donors (Lipinski definition) is 2. The van der Waals surface area contributed by atoms with Crippen LogP contribution in [0.3, 0.4) is 0 Å². The summed E-state index contributed by atoms with van der Waals surface area (Å²) in [6.07, 6.45) is 1.71. The second kappa shape index (κ2) is 9.63. The highest BCUT2D eigenvalue weighted by Crippen LogP contribution is 2.30. The second-order valence-corrected chi connectivity index (χ2v) is 10.9. The maximum absolute atomic E-state index is 12.1. The number of hydrogen-bond acceptors (Lipinski definition) is 7. The van der Waals surface area contributed by atoms with Gasteiger partial charge in [-0.25, -0.2) is 18.4 Å². The van der Waals surface area contributed by atoms with E-state index in [-0.39, 0.29) is 0 Å². The Balaban J connectivity index is 1.61. The second-order valence-electron chi connectivity index (χ2n) is 7.57. The lowest BCUT2D eigenvalue weighted by atomic mass is 10.1. The van der Waals surface area contributed by atoms with E-state index in [1.54, 1.807) is 36.9 Å². The summed E-state index contributed by atoms with van der Waals surface area (Å²) in [4.78, 5) is 10.3. The fourth-order valence-electron chi connectivity index (χ4n) is 2.90. The van der Waals surface area contributed by atoms with Gasteiger partial charge < -0.3 is 5.32 Å². The SMILES string of the molecule is CC(C)S(=O)(=O)Nc1ccc(Sc2nc(Nc3ccnn3C)cc(-c3ccccc3)n2)cc1. The van der Waals surface area contributed by atoms with Crippen molar-refractivity contribution in [2.24, 2.45) is 7.05 Å². The van der Waals surface area contributed by atoms with Crippen LogP contribution in [0.15, 0.2) is 83.0 Å². The third kappa shape index (κ3) is 5.71. The molecule has 0 bridgehead atoms. The Kier molecular flexibility index (Phi) is 6.66. The van der Waals surface area contributed by atoms with Gasteiger partial charge in [0, 0.05) is 35.3 Å². The van der Waals surface area contributed by atoms with E-state index in [2.05, 4.69) is 20.1 Å². The van der Waals surface area contributed by atoms with Crippen molar-refractivity contribution in [3.63, 3.8) is 0 Å². The summed E-state index contributed by atoms with van der Waals surface area (Å²) < 4.78 is 28.5. The van der Waals surface area contributed by atoms with Gasteiger partial charge in [-0.1, -0.05) is 30.3 Å². The summed E-state index contributed by atoms with van der Waals surface area (Å²) in [7, 11) is -1.54. The van der Waals surface area contributed by atoms with Crippen LogP contribution >= 0.6 is 11.8 Å². The molecular formula is C23H24N6O2S2. The average Bonchev–Trinajstić information content (AvgIpc) is 3.19. The lowest BCUT2D eigenvalue weighted by Gasteiger charge is -2.12. The Morgan fingerprint density at radius 3 is 2.33 bits per heavy atom. The zero-order valence-electron chi connectivity index (χ0n) is 18.4. The molecule has 2 aromatic heterocycles. The maximum atomic E-state index is 12.1. The summed E-state index contributed by atoms with van der Waals surface area (Å²) >= 11 is 1.40. The van der Waals surface area contributed by atoms with Crippen molar-refractivity contribution in [3.05, 3.63) is 72.9 Å². The van der Waals surface area contributed by atoms with Gasteiger partial charge in [0.1, 0.15) is 11.6 Å². The van der Waals surface area contributed by atoms with Gasteiger partial charge in [-0.15, -0.1) is 0 Å². The monoisotopic (exact) mass is 480 g/mol. The normalized spacial score (nSPS) is 11.5. The van der Waals surface area contributed by atoms with Crippen LogP contribution in [0.1, 0.15) is 13.8 Å². The first-order valence-corrected chi connectivity index (χ1v) is 12.7. The molecule has 0 amide bonds. The van der Waals surface area contributed by atoms with Crippen LogP contribution in [0.25, 0.3) is 11.3 Å². The van der Waals surface area contributed by atoms with Crippen LogP contribution in [0.5, 0.6) is 0 Å². The van der Waals surface area contributed by atoms with Crippen LogP contribution in [0, 0.1) is 0 Å². The number of nitrogens with one attached hydrogen (secondary N) is 2. The van der Waals surface area contributed by atoms with E-state index in [1.807, 2.05) is 61.6 Å². The molecule has 170 valence electrons. The summed E-state index contributed by atoms with van der Waals surface area (Å²) in [5, 5.41) is 7.54. The van der Waals surface area contributed by atoms with E-state index in [9.17, 15) is 8.42 Å². The van der Waals surface area contributed by atoms with Crippen LogP contribution < -0.4 is 10.0 Å². The Labute approximate surface area is 197 Å².